The van der Waals surface area contributed by atoms with Crippen molar-refractivity contribution in [3.63, 3.8) is 0 Å². The van der Waals surface area contributed by atoms with Crippen LogP contribution < -0.4 is 0 Å². The third kappa shape index (κ3) is 0.793. The fourth-order valence-electron chi connectivity index (χ4n) is 2.27. The molecule has 0 unspecified atom stereocenters. The molecule has 1 saturated heterocycles. The number of likely N-dealkylation sites (N-methyl/N-ethyl adjacent to an activating group) is 2. The van der Waals surface area contributed by atoms with Gasteiger partial charge in [-0.05, 0) is 26.2 Å². The molecule has 2 rings (SSSR count). The summed E-state index contributed by atoms with van der Waals surface area (Å²) in [6, 6.07) is 0.220. The topological polar surface area (TPSA) is 23.6 Å². The van der Waals surface area contributed by atoms with Gasteiger partial charge in [-0.15, -0.1) is 0 Å². The normalized spacial score (nSPS) is 26.7. The third-order valence-electron chi connectivity index (χ3n) is 3.42. The van der Waals surface area contributed by atoms with Crippen LogP contribution in [0.15, 0.2) is 0 Å². The van der Waals surface area contributed by atoms with Gasteiger partial charge in [0.2, 0.25) is 0 Å². The van der Waals surface area contributed by atoms with Crippen LogP contribution in [0.4, 0.5) is 4.79 Å². The Kier molecular flexibility index (Phi) is 1.56. The van der Waals surface area contributed by atoms with Crippen LogP contribution in [0.25, 0.3) is 0 Å². The quantitative estimate of drug-likeness (QED) is 0.579. The second-order valence-corrected chi connectivity index (χ2v) is 3.93. The molecule has 0 atom stereocenters. The zero-order chi connectivity index (χ0) is 8.77. The van der Waals surface area contributed by atoms with Crippen molar-refractivity contribution in [3.05, 3.63) is 0 Å². The molecule has 1 spiro atoms. The molecule has 1 aliphatic carbocycles. The molecule has 2 fully saturated rings. The fourth-order valence-corrected chi connectivity index (χ4v) is 2.27. The Balaban J connectivity index is 2.16. The van der Waals surface area contributed by atoms with E-state index in [-0.39, 0.29) is 11.6 Å². The number of hydrogen-bond acceptors (Lipinski definition) is 1. The molecule has 0 aromatic rings. The average molecular weight is 168 g/mol. The zero-order valence-corrected chi connectivity index (χ0v) is 7.84. The van der Waals surface area contributed by atoms with Crippen LogP contribution in [-0.2, 0) is 0 Å². The summed E-state index contributed by atoms with van der Waals surface area (Å²) in [5.41, 5.74) is 0.229. The van der Waals surface area contributed by atoms with Gasteiger partial charge in [-0.2, -0.15) is 0 Å². The molecule has 3 heteroatoms. The van der Waals surface area contributed by atoms with E-state index in [1.54, 1.807) is 0 Å². The Morgan fingerprint density at radius 3 is 2.42 bits per heavy atom. The van der Waals surface area contributed by atoms with Gasteiger partial charge in [0.05, 0.1) is 5.54 Å². The maximum Gasteiger partial charge on any atom is 0.320 e. The molecule has 2 amide bonds. The summed E-state index contributed by atoms with van der Waals surface area (Å²) < 4.78 is 0. The summed E-state index contributed by atoms with van der Waals surface area (Å²) in [6.45, 7) is 3.85. The summed E-state index contributed by atoms with van der Waals surface area (Å²) in [5.74, 6) is 0. The SMILES string of the molecule is CCN1CC2(CCC2)N(C)C1=O. The van der Waals surface area contributed by atoms with Crippen molar-refractivity contribution < 1.29 is 4.79 Å². The van der Waals surface area contributed by atoms with Gasteiger partial charge >= 0.3 is 6.03 Å². The number of carbonyl (C=O) groups is 1. The Morgan fingerprint density at radius 1 is 1.50 bits per heavy atom. The minimum Gasteiger partial charge on any atom is -0.323 e. The van der Waals surface area contributed by atoms with Crippen molar-refractivity contribution in [2.24, 2.45) is 0 Å². The molecule has 3 nitrogen and oxygen atoms in total. The summed E-state index contributed by atoms with van der Waals surface area (Å²) in [7, 11) is 1.94. The standard InChI is InChI=1S/C9H16N2O/c1-3-11-7-9(5-4-6-9)10(2)8(11)12/h3-7H2,1-2H3. The van der Waals surface area contributed by atoms with Crippen molar-refractivity contribution in [1.29, 1.82) is 0 Å². The van der Waals surface area contributed by atoms with Gasteiger partial charge in [0.15, 0.2) is 0 Å². The van der Waals surface area contributed by atoms with Crippen LogP contribution in [0.2, 0.25) is 0 Å². The van der Waals surface area contributed by atoms with E-state index in [9.17, 15) is 4.79 Å². The predicted octanol–water partition coefficient (Wildman–Crippen LogP) is 1.30. The van der Waals surface area contributed by atoms with Gasteiger partial charge in [-0.1, -0.05) is 0 Å². The summed E-state index contributed by atoms with van der Waals surface area (Å²) in [5, 5.41) is 0. The number of rotatable bonds is 1. The predicted molar refractivity (Wildman–Crippen MR) is 47.0 cm³/mol. The van der Waals surface area contributed by atoms with E-state index >= 15 is 0 Å². The molecule has 68 valence electrons. The lowest BCUT2D eigenvalue weighted by molar-refractivity contribution is 0.105. The lowest BCUT2D eigenvalue weighted by Gasteiger charge is -2.42. The number of carbonyl (C=O) groups excluding carboxylic acids is 1. The van der Waals surface area contributed by atoms with Crippen LogP contribution in [0, 0.1) is 0 Å². The van der Waals surface area contributed by atoms with E-state index in [4.69, 9.17) is 0 Å². The number of hydrogen-bond donors (Lipinski definition) is 0. The summed E-state index contributed by atoms with van der Waals surface area (Å²) in [4.78, 5) is 15.5. The van der Waals surface area contributed by atoms with E-state index < -0.39 is 0 Å². The molecule has 0 aromatic carbocycles. The first kappa shape index (κ1) is 7.90. The van der Waals surface area contributed by atoms with Crippen LogP contribution in [-0.4, -0.2) is 41.5 Å². The summed E-state index contributed by atoms with van der Waals surface area (Å²) in [6.07, 6.45) is 3.69. The minimum atomic E-state index is 0.220. The average Bonchev–Trinajstić information content (AvgIpc) is 2.25. The lowest BCUT2D eigenvalue weighted by Crippen LogP contribution is -2.50. The Labute approximate surface area is 73.3 Å². The van der Waals surface area contributed by atoms with Gasteiger partial charge < -0.3 is 9.80 Å². The van der Waals surface area contributed by atoms with E-state index in [1.807, 2.05) is 23.8 Å². The first-order valence-electron chi connectivity index (χ1n) is 4.72. The second kappa shape index (κ2) is 2.38. The van der Waals surface area contributed by atoms with Crippen molar-refractivity contribution in [3.8, 4) is 0 Å². The number of amides is 2. The largest absolute Gasteiger partial charge is 0.323 e. The highest BCUT2D eigenvalue weighted by molar-refractivity contribution is 5.78. The first-order chi connectivity index (χ1) is 5.69. The molecule has 1 saturated carbocycles. The van der Waals surface area contributed by atoms with E-state index in [0.29, 0.717) is 0 Å². The molecule has 0 bridgehead atoms. The van der Waals surface area contributed by atoms with Crippen LogP contribution in [0.5, 0.6) is 0 Å². The molecular formula is C9H16N2O. The fraction of sp³-hybridized carbons (Fsp3) is 0.889. The highest BCUT2D eigenvalue weighted by atomic mass is 16.2. The Bertz CT molecular complexity index is 211. The molecule has 12 heavy (non-hydrogen) atoms. The van der Waals surface area contributed by atoms with Gasteiger partial charge in [-0.25, -0.2) is 4.79 Å². The number of urea groups is 1. The molecular weight excluding hydrogens is 152 g/mol. The maximum absolute atomic E-state index is 11.6. The summed E-state index contributed by atoms with van der Waals surface area (Å²) >= 11 is 0. The zero-order valence-electron chi connectivity index (χ0n) is 7.84. The molecule has 2 aliphatic rings. The van der Waals surface area contributed by atoms with Crippen LogP contribution in [0.1, 0.15) is 26.2 Å². The smallest absolute Gasteiger partial charge is 0.320 e. The third-order valence-corrected chi connectivity index (χ3v) is 3.42. The minimum absolute atomic E-state index is 0.220. The monoisotopic (exact) mass is 168 g/mol. The highest BCUT2D eigenvalue weighted by Gasteiger charge is 2.50. The lowest BCUT2D eigenvalue weighted by atomic mass is 9.76. The number of nitrogens with zero attached hydrogens (tertiary/aromatic N) is 2. The van der Waals surface area contributed by atoms with E-state index in [2.05, 4.69) is 0 Å². The van der Waals surface area contributed by atoms with Crippen LogP contribution >= 0.6 is 0 Å². The highest BCUT2D eigenvalue weighted by Crippen LogP contribution is 2.41. The second-order valence-electron chi connectivity index (χ2n) is 3.93. The molecule has 1 aliphatic heterocycles. The molecule has 0 radical (unpaired) electrons. The van der Waals surface area contributed by atoms with Crippen LogP contribution in [0.3, 0.4) is 0 Å². The first-order valence-corrected chi connectivity index (χ1v) is 4.72. The Hall–Kier alpha value is -0.730. The van der Waals surface area contributed by atoms with Crippen molar-refractivity contribution in [2.45, 2.75) is 31.7 Å². The van der Waals surface area contributed by atoms with Crippen molar-refractivity contribution in [2.75, 3.05) is 20.1 Å². The molecule has 1 heterocycles. The van der Waals surface area contributed by atoms with E-state index in [1.165, 1.54) is 19.3 Å². The molecule has 0 aromatic heterocycles. The van der Waals surface area contributed by atoms with Gasteiger partial charge in [0.1, 0.15) is 0 Å². The van der Waals surface area contributed by atoms with Gasteiger partial charge in [-0.3, -0.25) is 0 Å². The van der Waals surface area contributed by atoms with Crippen molar-refractivity contribution in [1.82, 2.24) is 9.80 Å². The van der Waals surface area contributed by atoms with Gasteiger partial charge in [0.25, 0.3) is 0 Å². The Morgan fingerprint density at radius 2 is 2.17 bits per heavy atom. The van der Waals surface area contributed by atoms with Crippen molar-refractivity contribution >= 4 is 6.03 Å². The molecule has 0 N–H and O–H groups in total. The van der Waals surface area contributed by atoms with E-state index in [0.717, 1.165) is 13.1 Å². The van der Waals surface area contributed by atoms with Gasteiger partial charge in [0, 0.05) is 20.1 Å². The maximum atomic E-state index is 11.6.